The Morgan fingerprint density at radius 2 is 2.33 bits per heavy atom. The van der Waals surface area contributed by atoms with Crippen molar-refractivity contribution in [2.24, 2.45) is 5.92 Å². The highest BCUT2D eigenvalue weighted by atomic mass is 32.1. The minimum Gasteiger partial charge on any atom is -0.398 e. The SMILES string of the molecule is CC(C)C=CCc1sccc1N. The molecule has 0 aromatic carbocycles. The Hall–Kier alpha value is -0.760. The molecule has 0 fully saturated rings. The fourth-order valence-electron chi connectivity index (χ4n) is 0.964. The molecule has 1 rings (SSSR count). The molecule has 0 amide bonds. The van der Waals surface area contributed by atoms with Crippen molar-refractivity contribution in [1.29, 1.82) is 0 Å². The Morgan fingerprint density at radius 1 is 1.58 bits per heavy atom. The van der Waals surface area contributed by atoms with E-state index in [0.29, 0.717) is 5.92 Å². The molecule has 0 unspecified atom stereocenters. The van der Waals surface area contributed by atoms with Gasteiger partial charge in [0, 0.05) is 17.0 Å². The van der Waals surface area contributed by atoms with Crippen LogP contribution in [0.2, 0.25) is 0 Å². The third-order valence-electron chi connectivity index (χ3n) is 1.60. The van der Waals surface area contributed by atoms with Crippen molar-refractivity contribution in [3.05, 3.63) is 28.5 Å². The van der Waals surface area contributed by atoms with Gasteiger partial charge in [-0.25, -0.2) is 0 Å². The largest absolute Gasteiger partial charge is 0.398 e. The van der Waals surface area contributed by atoms with Crippen LogP contribution in [0.4, 0.5) is 5.69 Å². The molecule has 0 saturated carbocycles. The predicted octanol–water partition coefficient (Wildman–Crippen LogP) is 3.09. The third kappa shape index (κ3) is 2.70. The number of thiophene rings is 1. The average molecular weight is 181 g/mol. The lowest BCUT2D eigenvalue weighted by atomic mass is 10.2. The number of nitrogens with two attached hydrogens (primary N) is 1. The van der Waals surface area contributed by atoms with Crippen LogP contribution in [0.15, 0.2) is 23.6 Å². The van der Waals surface area contributed by atoms with Crippen LogP contribution >= 0.6 is 11.3 Å². The molecule has 1 heterocycles. The van der Waals surface area contributed by atoms with Gasteiger partial charge in [0.2, 0.25) is 0 Å². The fraction of sp³-hybridized carbons (Fsp3) is 0.400. The summed E-state index contributed by atoms with van der Waals surface area (Å²) in [7, 11) is 0. The zero-order valence-corrected chi connectivity index (χ0v) is 8.40. The molecule has 0 aliphatic heterocycles. The van der Waals surface area contributed by atoms with E-state index in [2.05, 4.69) is 26.0 Å². The number of rotatable bonds is 3. The molecule has 2 heteroatoms. The first-order valence-electron chi connectivity index (χ1n) is 4.18. The van der Waals surface area contributed by atoms with Crippen molar-refractivity contribution in [2.75, 3.05) is 5.73 Å². The Morgan fingerprint density at radius 3 is 2.83 bits per heavy atom. The molecule has 0 aliphatic rings. The van der Waals surface area contributed by atoms with E-state index in [1.165, 1.54) is 4.88 Å². The minimum atomic E-state index is 0.631. The Balaban J connectivity index is 2.48. The lowest BCUT2D eigenvalue weighted by molar-refractivity contribution is 0.828. The summed E-state index contributed by atoms with van der Waals surface area (Å²) in [5.74, 6) is 0.631. The van der Waals surface area contributed by atoms with Crippen molar-refractivity contribution < 1.29 is 0 Å². The summed E-state index contributed by atoms with van der Waals surface area (Å²) in [4.78, 5) is 1.27. The van der Waals surface area contributed by atoms with Crippen LogP contribution in [0, 0.1) is 5.92 Å². The average Bonchev–Trinajstić information content (AvgIpc) is 2.36. The maximum atomic E-state index is 5.73. The number of hydrogen-bond donors (Lipinski definition) is 1. The molecule has 2 N–H and O–H groups in total. The molecular formula is C10H15NS. The molecule has 0 aliphatic carbocycles. The number of anilines is 1. The van der Waals surface area contributed by atoms with Gasteiger partial charge in [-0.05, 0) is 17.4 Å². The first-order chi connectivity index (χ1) is 5.70. The second-order valence-corrected chi connectivity index (χ2v) is 4.18. The topological polar surface area (TPSA) is 26.0 Å². The van der Waals surface area contributed by atoms with Gasteiger partial charge in [0.05, 0.1) is 0 Å². The summed E-state index contributed by atoms with van der Waals surface area (Å²) in [6, 6.07) is 1.96. The molecule has 0 atom stereocenters. The summed E-state index contributed by atoms with van der Waals surface area (Å²) >= 11 is 1.72. The summed E-state index contributed by atoms with van der Waals surface area (Å²) in [6.45, 7) is 4.35. The molecule has 0 radical (unpaired) electrons. The minimum absolute atomic E-state index is 0.631. The van der Waals surface area contributed by atoms with Gasteiger partial charge >= 0.3 is 0 Å². The molecule has 1 aromatic rings. The van der Waals surface area contributed by atoms with Crippen molar-refractivity contribution >= 4 is 17.0 Å². The van der Waals surface area contributed by atoms with Crippen LogP contribution in [0.1, 0.15) is 18.7 Å². The third-order valence-corrected chi connectivity index (χ3v) is 2.56. The van der Waals surface area contributed by atoms with Gasteiger partial charge in [-0.15, -0.1) is 11.3 Å². The fourth-order valence-corrected chi connectivity index (χ4v) is 1.74. The van der Waals surface area contributed by atoms with E-state index in [-0.39, 0.29) is 0 Å². The Bertz CT molecular complexity index is 261. The van der Waals surface area contributed by atoms with E-state index >= 15 is 0 Å². The van der Waals surface area contributed by atoms with E-state index in [4.69, 9.17) is 5.73 Å². The monoisotopic (exact) mass is 181 g/mol. The zero-order chi connectivity index (χ0) is 8.97. The Kier molecular flexibility index (Phi) is 3.35. The van der Waals surface area contributed by atoms with Crippen LogP contribution in [0.3, 0.4) is 0 Å². The van der Waals surface area contributed by atoms with Crippen LogP contribution in [0.25, 0.3) is 0 Å². The second kappa shape index (κ2) is 4.31. The first kappa shape index (κ1) is 9.33. The van der Waals surface area contributed by atoms with E-state index in [9.17, 15) is 0 Å². The number of nitrogen functional groups attached to an aromatic ring is 1. The van der Waals surface area contributed by atoms with Crippen molar-refractivity contribution in [2.45, 2.75) is 20.3 Å². The number of allylic oxidation sites excluding steroid dienone is 2. The van der Waals surface area contributed by atoms with Gasteiger partial charge in [-0.1, -0.05) is 26.0 Å². The van der Waals surface area contributed by atoms with E-state index in [0.717, 1.165) is 12.1 Å². The predicted molar refractivity (Wildman–Crippen MR) is 56.4 cm³/mol. The van der Waals surface area contributed by atoms with Gasteiger partial charge in [-0.3, -0.25) is 0 Å². The van der Waals surface area contributed by atoms with Gasteiger partial charge in [0.1, 0.15) is 0 Å². The van der Waals surface area contributed by atoms with Crippen molar-refractivity contribution in [1.82, 2.24) is 0 Å². The lowest BCUT2D eigenvalue weighted by Crippen LogP contribution is -1.86. The molecule has 1 nitrogen and oxygen atoms in total. The van der Waals surface area contributed by atoms with Crippen LogP contribution in [-0.4, -0.2) is 0 Å². The molecule has 0 saturated heterocycles. The van der Waals surface area contributed by atoms with Crippen LogP contribution < -0.4 is 5.73 Å². The summed E-state index contributed by atoms with van der Waals surface area (Å²) in [5.41, 5.74) is 6.66. The van der Waals surface area contributed by atoms with Crippen molar-refractivity contribution in [3.8, 4) is 0 Å². The molecular weight excluding hydrogens is 166 g/mol. The normalized spacial score (nSPS) is 11.6. The lowest BCUT2D eigenvalue weighted by Gasteiger charge is -1.94. The van der Waals surface area contributed by atoms with Gasteiger partial charge < -0.3 is 5.73 Å². The maximum absolute atomic E-state index is 5.73. The molecule has 0 spiro atoms. The van der Waals surface area contributed by atoms with Gasteiger partial charge in [-0.2, -0.15) is 0 Å². The van der Waals surface area contributed by atoms with Crippen LogP contribution in [0.5, 0.6) is 0 Å². The summed E-state index contributed by atoms with van der Waals surface area (Å²) in [6.07, 6.45) is 5.37. The zero-order valence-electron chi connectivity index (χ0n) is 7.58. The quantitative estimate of drug-likeness (QED) is 0.712. The highest BCUT2D eigenvalue weighted by Gasteiger charge is 1.96. The Labute approximate surface area is 77.9 Å². The standard InChI is InChI=1S/C10H15NS/c1-8(2)4-3-5-10-9(11)6-7-12-10/h3-4,6-8H,5,11H2,1-2H3. The van der Waals surface area contributed by atoms with Gasteiger partial charge in [0.15, 0.2) is 0 Å². The molecule has 1 aromatic heterocycles. The number of hydrogen-bond acceptors (Lipinski definition) is 2. The summed E-state index contributed by atoms with van der Waals surface area (Å²) in [5, 5.41) is 2.04. The highest BCUT2D eigenvalue weighted by molar-refractivity contribution is 7.10. The maximum Gasteiger partial charge on any atom is 0.0458 e. The van der Waals surface area contributed by atoms with Crippen molar-refractivity contribution in [3.63, 3.8) is 0 Å². The molecule has 12 heavy (non-hydrogen) atoms. The first-order valence-corrected chi connectivity index (χ1v) is 5.06. The van der Waals surface area contributed by atoms with E-state index in [1.54, 1.807) is 11.3 Å². The highest BCUT2D eigenvalue weighted by Crippen LogP contribution is 2.19. The van der Waals surface area contributed by atoms with Gasteiger partial charge in [0.25, 0.3) is 0 Å². The second-order valence-electron chi connectivity index (χ2n) is 3.18. The molecule has 0 bridgehead atoms. The van der Waals surface area contributed by atoms with Crippen LogP contribution in [-0.2, 0) is 6.42 Å². The molecule has 66 valence electrons. The van der Waals surface area contributed by atoms with E-state index in [1.807, 2.05) is 11.4 Å². The summed E-state index contributed by atoms with van der Waals surface area (Å²) < 4.78 is 0. The smallest absolute Gasteiger partial charge is 0.0458 e. The van der Waals surface area contributed by atoms with E-state index < -0.39 is 0 Å².